The number of benzene rings is 2. The van der Waals surface area contributed by atoms with Crippen LogP contribution in [0.4, 0.5) is 13.2 Å². The smallest absolute Gasteiger partial charge is 0.493 e. The molecule has 0 unspecified atom stereocenters. The molecule has 0 radical (unpaired) electrons. The van der Waals surface area contributed by atoms with Crippen LogP contribution in [0.15, 0.2) is 78.5 Å². The van der Waals surface area contributed by atoms with E-state index in [4.69, 9.17) is 14.3 Å². The van der Waals surface area contributed by atoms with Crippen molar-refractivity contribution in [1.29, 1.82) is 0 Å². The van der Waals surface area contributed by atoms with Crippen molar-refractivity contribution in [2.24, 2.45) is 11.3 Å². The third-order valence-electron chi connectivity index (χ3n) is 6.87. The number of carbonyl (C=O) groups is 1. The molecule has 0 aliphatic heterocycles. The van der Waals surface area contributed by atoms with E-state index in [9.17, 15) is 18.0 Å². The zero-order chi connectivity index (χ0) is 28.6. The first-order valence-electron chi connectivity index (χ1n) is 12.7. The lowest BCUT2D eigenvalue weighted by molar-refractivity contribution is -0.274. The summed E-state index contributed by atoms with van der Waals surface area (Å²) in [5, 5.41) is 4.25. The molecule has 1 aliphatic carbocycles. The lowest BCUT2D eigenvalue weighted by Gasteiger charge is -2.41. The molecule has 0 fully saturated rings. The second-order valence-electron chi connectivity index (χ2n) is 9.68. The van der Waals surface area contributed by atoms with Gasteiger partial charge in [0.1, 0.15) is 24.2 Å². The molecule has 4 rings (SSSR count). The van der Waals surface area contributed by atoms with Crippen molar-refractivity contribution in [3.05, 3.63) is 84.1 Å². The van der Waals surface area contributed by atoms with Gasteiger partial charge in [0.15, 0.2) is 0 Å². The average molecular weight is 561 g/mol. The van der Waals surface area contributed by atoms with Crippen molar-refractivity contribution in [2.45, 2.75) is 39.1 Å². The lowest BCUT2D eigenvalue weighted by Crippen LogP contribution is -2.39. The van der Waals surface area contributed by atoms with E-state index in [1.54, 1.807) is 35.3 Å². The number of nitrogens with one attached hydrogen (secondary N) is 1. The number of alkyl halides is 3. The highest BCUT2D eigenvalue weighted by molar-refractivity contribution is 5.89. The van der Waals surface area contributed by atoms with Gasteiger partial charge < -0.3 is 14.2 Å². The van der Waals surface area contributed by atoms with Gasteiger partial charge in [0.05, 0.1) is 32.4 Å². The molecule has 12 heteroatoms. The van der Waals surface area contributed by atoms with Crippen LogP contribution in [0.3, 0.4) is 0 Å². The third-order valence-corrected chi connectivity index (χ3v) is 6.87. The number of nitrogens with zero attached hydrogens (tertiary/aromatic N) is 3. The zero-order valence-electron chi connectivity index (χ0n) is 22.2. The summed E-state index contributed by atoms with van der Waals surface area (Å²) < 4.78 is 54.6. The van der Waals surface area contributed by atoms with Crippen LogP contribution in [0, 0.1) is 11.3 Å². The normalized spacial score (nSPS) is 19.3. The number of allylic oxidation sites excluding steroid dienone is 1. The van der Waals surface area contributed by atoms with Crippen LogP contribution in [-0.2, 0) is 16.1 Å². The number of hydroxylamine groups is 1. The van der Waals surface area contributed by atoms with Crippen molar-refractivity contribution in [1.82, 2.24) is 20.2 Å². The monoisotopic (exact) mass is 560 g/mol. The highest BCUT2D eigenvalue weighted by Gasteiger charge is 2.39. The van der Waals surface area contributed by atoms with Crippen LogP contribution in [0.5, 0.6) is 11.5 Å². The molecule has 1 N–H and O–H groups in total. The molecule has 2 atom stereocenters. The van der Waals surface area contributed by atoms with Gasteiger partial charge in [-0.1, -0.05) is 25.1 Å². The first-order valence-corrected chi connectivity index (χ1v) is 12.7. The van der Waals surface area contributed by atoms with Crippen LogP contribution in [-0.4, -0.2) is 47.4 Å². The number of halogens is 3. The van der Waals surface area contributed by atoms with Gasteiger partial charge in [-0.3, -0.25) is 10.3 Å². The summed E-state index contributed by atoms with van der Waals surface area (Å²) in [6.45, 7) is 2.99. The molecule has 0 amide bonds. The van der Waals surface area contributed by atoms with Crippen molar-refractivity contribution < 1.29 is 37.0 Å². The summed E-state index contributed by atoms with van der Waals surface area (Å²) >= 11 is 0. The van der Waals surface area contributed by atoms with Crippen LogP contribution in [0.1, 0.15) is 36.5 Å². The molecular formula is C28H31F3N4O5. The quantitative estimate of drug-likeness (QED) is 0.235. The summed E-state index contributed by atoms with van der Waals surface area (Å²) in [4.78, 5) is 21.9. The zero-order valence-corrected chi connectivity index (χ0v) is 22.2. The summed E-state index contributed by atoms with van der Waals surface area (Å²) in [7, 11) is 1.53. The fourth-order valence-electron chi connectivity index (χ4n) is 4.77. The van der Waals surface area contributed by atoms with E-state index >= 15 is 0 Å². The molecule has 0 spiro atoms. The number of esters is 1. The first-order chi connectivity index (χ1) is 19.2. The van der Waals surface area contributed by atoms with Crippen LogP contribution in [0.2, 0.25) is 0 Å². The fourth-order valence-corrected chi connectivity index (χ4v) is 4.77. The Balaban J connectivity index is 1.50. The predicted molar refractivity (Wildman–Crippen MR) is 138 cm³/mol. The predicted octanol–water partition coefficient (Wildman–Crippen LogP) is 5.32. The van der Waals surface area contributed by atoms with Gasteiger partial charge in [0.2, 0.25) is 0 Å². The Labute approximate surface area is 229 Å². The van der Waals surface area contributed by atoms with E-state index in [-0.39, 0.29) is 30.9 Å². The van der Waals surface area contributed by atoms with Gasteiger partial charge >= 0.3 is 12.3 Å². The summed E-state index contributed by atoms with van der Waals surface area (Å²) in [5.41, 5.74) is 4.97. The van der Waals surface area contributed by atoms with Crippen LogP contribution < -0.4 is 15.0 Å². The maximum absolute atomic E-state index is 12.5. The minimum Gasteiger partial charge on any atom is -0.493 e. The molecule has 3 aromatic rings. The molecule has 1 heterocycles. The van der Waals surface area contributed by atoms with E-state index in [0.29, 0.717) is 24.3 Å². The molecule has 214 valence electrons. The minimum absolute atomic E-state index is 0.0621. The molecular weight excluding hydrogens is 529 g/mol. The molecule has 9 nitrogen and oxygen atoms in total. The fraction of sp³-hybridized carbons (Fsp3) is 0.393. The Hall–Kier alpha value is -4.06. The molecule has 40 heavy (non-hydrogen) atoms. The average Bonchev–Trinajstić information content (AvgIpc) is 3.44. The summed E-state index contributed by atoms with van der Waals surface area (Å²) in [6, 6.07) is 14.1. The van der Waals surface area contributed by atoms with E-state index in [1.807, 2.05) is 6.07 Å². The number of hydrogen-bond donors (Lipinski definition) is 1. The SMILES string of the molecule is CONC1=C(Cn2cncn2)[C@H](COc2ccc(OC(F)(F)F)cc2)CC[C@@]1(C)CCOC(=O)c1ccccc1. The Kier molecular flexibility index (Phi) is 9.30. The Morgan fingerprint density at radius 2 is 1.85 bits per heavy atom. The largest absolute Gasteiger partial charge is 0.573 e. The van der Waals surface area contributed by atoms with E-state index in [2.05, 4.69) is 27.2 Å². The second-order valence-corrected chi connectivity index (χ2v) is 9.68. The van der Waals surface area contributed by atoms with Crippen LogP contribution in [0.25, 0.3) is 0 Å². The van der Waals surface area contributed by atoms with Crippen LogP contribution >= 0.6 is 0 Å². The van der Waals surface area contributed by atoms with Crippen molar-refractivity contribution in [3.8, 4) is 11.5 Å². The Morgan fingerprint density at radius 1 is 1.12 bits per heavy atom. The van der Waals surface area contributed by atoms with E-state index < -0.39 is 11.8 Å². The Morgan fingerprint density at radius 3 is 2.50 bits per heavy atom. The summed E-state index contributed by atoms with van der Waals surface area (Å²) in [6.07, 6.45) is 0.342. The van der Waals surface area contributed by atoms with Crippen molar-refractivity contribution in [2.75, 3.05) is 20.3 Å². The topological polar surface area (TPSA) is 96.7 Å². The highest BCUT2D eigenvalue weighted by atomic mass is 19.4. The number of rotatable bonds is 12. The van der Waals surface area contributed by atoms with Gasteiger partial charge in [-0.25, -0.2) is 14.5 Å². The lowest BCUT2D eigenvalue weighted by atomic mass is 9.69. The number of ether oxygens (including phenoxy) is 3. The number of carbonyl (C=O) groups excluding carboxylic acids is 1. The third kappa shape index (κ3) is 7.75. The van der Waals surface area contributed by atoms with Gasteiger partial charge in [-0.05, 0) is 61.2 Å². The van der Waals surface area contributed by atoms with Gasteiger partial charge in [0.25, 0.3) is 0 Å². The van der Waals surface area contributed by atoms with Gasteiger partial charge in [0, 0.05) is 17.0 Å². The van der Waals surface area contributed by atoms with Gasteiger partial charge in [-0.15, -0.1) is 13.2 Å². The molecule has 2 aromatic carbocycles. The van der Waals surface area contributed by atoms with Gasteiger partial charge in [-0.2, -0.15) is 5.10 Å². The van der Waals surface area contributed by atoms with E-state index in [0.717, 1.165) is 24.1 Å². The first kappa shape index (κ1) is 28.9. The van der Waals surface area contributed by atoms with Crippen molar-refractivity contribution >= 4 is 5.97 Å². The summed E-state index contributed by atoms with van der Waals surface area (Å²) in [5.74, 6) is -0.351. The molecule has 0 saturated heterocycles. The molecule has 1 aromatic heterocycles. The number of aromatic nitrogens is 3. The molecule has 0 bridgehead atoms. The van der Waals surface area contributed by atoms with E-state index in [1.165, 1.54) is 37.7 Å². The Bertz CT molecular complexity index is 1270. The standard InChI is InChI=1S/C28H31F3N4O5/c1-27(14-15-38-26(36)20-6-4-3-5-7-20)13-12-21(24(25(27)34-37-2)16-35-19-32-18-33-35)17-39-22-8-10-23(11-9-22)40-28(29,30)31/h3-11,18-19,21,34H,12-17H2,1-2H3/t21-,27-/m0/s1. The molecule has 1 aliphatic rings. The maximum Gasteiger partial charge on any atom is 0.573 e. The van der Waals surface area contributed by atoms with Crippen molar-refractivity contribution in [3.63, 3.8) is 0 Å². The number of hydrogen-bond acceptors (Lipinski definition) is 8. The second kappa shape index (κ2) is 12.9. The minimum atomic E-state index is -4.76. The highest BCUT2D eigenvalue weighted by Crippen LogP contribution is 2.45. The maximum atomic E-state index is 12.5. The molecule has 0 saturated carbocycles.